The summed E-state index contributed by atoms with van der Waals surface area (Å²) >= 11 is 0. The molecule has 0 bridgehead atoms. The number of benzene rings is 7. The van der Waals surface area contributed by atoms with Crippen molar-refractivity contribution in [1.29, 1.82) is 0 Å². The first kappa shape index (κ1) is 27.4. The van der Waals surface area contributed by atoms with Crippen LogP contribution >= 0.6 is 0 Å². The zero-order chi connectivity index (χ0) is 31.2. The Morgan fingerprint density at radius 3 is 1.43 bits per heavy atom. The van der Waals surface area contributed by atoms with E-state index in [2.05, 4.69) is 166 Å². The predicted octanol–water partition coefficient (Wildman–Crippen LogP) is 10.2. The third kappa shape index (κ3) is 4.00. The highest BCUT2D eigenvalue weighted by atomic mass is 16.7. The molecule has 4 heteroatoms. The zero-order valence-corrected chi connectivity index (χ0v) is 26.5. The quantitative estimate of drug-likeness (QED) is 0.150. The zero-order valence-electron chi connectivity index (χ0n) is 26.5. The summed E-state index contributed by atoms with van der Waals surface area (Å²) in [6.45, 7) is 8.46. The molecule has 1 saturated heterocycles. The maximum atomic E-state index is 6.63. The topological polar surface area (TPSA) is 23.4 Å². The molecule has 0 saturated carbocycles. The van der Waals surface area contributed by atoms with Gasteiger partial charge in [0.25, 0.3) is 0 Å². The summed E-state index contributed by atoms with van der Waals surface area (Å²) in [6.07, 6.45) is 0. The highest BCUT2D eigenvalue weighted by molar-refractivity contribution is 6.62. The van der Waals surface area contributed by atoms with Crippen molar-refractivity contribution in [3.8, 4) is 16.8 Å². The van der Waals surface area contributed by atoms with Gasteiger partial charge in [-0.1, -0.05) is 103 Å². The summed E-state index contributed by atoms with van der Waals surface area (Å²) in [5, 5.41) is 10.1. The van der Waals surface area contributed by atoms with Gasteiger partial charge in [0.05, 0.1) is 22.2 Å². The van der Waals surface area contributed by atoms with Crippen molar-refractivity contribution in [1.82, 2.24) is 4.57 Å². The monoisotopic (exact) mass is 595 g/mol. The van der Waals surface area contributed by atoms with Crippen LogP contribution in [0.1, 0.15) is 27.7 Å². The van der Waals surface area contributed by atoms with Gasteiger partial charge in [0.15, 0.2) is 0 Å². The Hall–Kier alpha value is -4.90. The lowest BCUT2D eigenvalue weighted by atomic mass is 9.77. The summed E-state index contributed by atoms with van der Waals surface area (Å²) in [5.41, 5.74) is 5.86. The van der Waals surface area contributed by atoms with Crippen molar-refractivity contribution in [2.45, 2.75) is 38.9 Å². The second-order valence-electron chi connectivity index (χ2n) is 13.6. The fourth-order valence-electron chi connectivity index (χ4n) is 7.33. The van der Waals surface area contributed by atoms with Crippen molar-refractivity contribution in [2.24, 2.45) is 0 Å². The number of rotatable bonds is 3. The maximum absolute atomic E-state index is 6.63. The molecule has 3 nitrogen and oxygen atoms in total. The van der Waals surface area contributed by atoms with Crippen LogP contribution in [0.25, 0.3) is 70.9 Å². The Bertz CT molecular complexity index is 2400. The van der Waals surface area contributed by atoms with Crippen LogP contribution in [0.15, 0.2) is 133 Å². The lowest BCUT2D eigenvalue weighted by Gasteiger charge is -2.32. The first-order valence-electron chi connectivity index (χ1n) is 16.1. The summed E-state index contributed by atoms with van der Waals surface area (Å²) in [6, 6.07) is 48.6. The van der Waals surface area contributed by atoms with Crippen LogP contribution in [-0.4, -0.2) is 22.9 Å². The summed E-state index contributed by atoms with van der Waals surface area (Å²) in [5.74, 6) is 0. The molecular weight excluding hydrogens is 561 g/mol. The van der Waals surface area contributed by atoms with Crippen molar-refractivity contribution in [3.05, 3.63) is 133 Å². The number of nitrogens with zero attached hydrogens (tertiary/aromatic N) is 1. The van der Waals surface area contributed by atoms with Gasteiger partial charge < -0.3 is 13.9 Å². The Morgan fingerprint density at radius 1 is 0.435 bits per heavy atom. The number of aromatic nitrogens is 1. The first-order chi connectivity index (χ1) is 22.3. The number of hydrogen-bond acceptors (Lipinski definition) is 2. The normalized spacial score (nSPS) is 16.0. The van der Waals surface area contributed by atoms with Crippen LogP contribution in [0.3, 0.4) is 0 Å². The molecule has 0 N–H and O–H groups in total. The molecule has 1 aliphatic heterocycles. The van der Waals surface area contributed by atoms with E-state index in [1.807, 2.05) is 0 Å². The minimum absolute atomic E-state index is 0.441. The molecule has 1 aromatic heterocycles. The maximum Gasteiger partial charge on any atom is 0.494 e. The fourth-order valence-corrected chi connectivity index (χ4v) is 7.33. The van der Waals surface area contributed by atoms with Gasteiger partial charge in [0, 0.05) is 16.5 Å². The van der Waals surface area contributed by atoms with Crippen LogP contribution in [0.5, 0.6) is 0 Å². The second-order valence-corrected chi connectivity index (χ2v) is 13.6. The third-order valence-electron chi connectivity index (χ3n) is 10.4. The predicted molar refractivity (Wildman–Crippen MR) is 194 cm³/mol. The largest absolute Gasteiger partial charge is 0.494 e. The van der Waals surface area contributed by atoms with Crippen molar-refractivity contribution >= 4 is 66.7 Å². The van der Waals surface area contributed by atoms with Crippen LogP contribution < -0.4 is 5.46 Å². The molecule has 1 aliphatic rings. The van der Waals surface area contributed by atoms with E-state index in [9.17, 15) is 0 Å². The van der Waals surface area contributed by atoms with Crippen LogP contribution in [0.4, 0.5) is 0 Å². The average molecular weight is 596 g/mol. The molecule has 0 unspecified atom stereocenters. The summed E-state index contributed by atoms with van der Waals surface area (Å²) < 4.78 is 15.6. The van der Waals surface area contributed by atoms with E-state index >= 15 is 0 Å². The fraction of sp³-hybridized carbons (Fsp3) is 0.143. The third-order valence-corrected chi connectivity index (χ3v) is 10.4. The Labute approximate surface area is 269 Å². The van der Waals surface area contributed by atoms with Gasteiger partial charge in [-0.2, -0.15) is 0 Å². The van der Waals surface area contributed by atoms with E-state index in [1.54, 1.807) is 0 Å². The molecule has 0 atom stereocenters. The molecule has 2 heterocycles. The first-order valence-corrected chi connectivity index (χ1v) is 16.1. The van der Waals surface area contributed by atoms with Crippen molar-refractivity contribution < 1.29 is 9.31 Å². The molecule has 46 heavy (non-hydrogen) atoms. The van der Waals surface area contributed by atoms with E-state index < -0.39 is 18.3 Å². The van der Waals surface area contributed by atoms with Gasteiger partial charge in [-0.05, 0) is 107 Å². The smallest absolute Gasteiger partial charge is 0.399 e. The molecule has 0 spiro atoms. The Kier molecular flexibility index (Phi) is 5.84. The highest BCUT2D eigenvalue weighted by Crippen LogP contribution is 2.40. The van der Waals surface area contributed by atoms with E-state index in [4.69, 9.17) is 9.31 Å². The molecule has 7 aromatic carbocycles. The van der Waals surface area contributed by atoms with E-state index in [0.29, 0.717) is 0 Å². The van der Waals surface area contributed by atoms with Crippen LogP contribution in [0, 0.1) is 0 Å². The van der Waals surface area contributed by atoms with Gasteiger partial charge in [-0.15, -0.1) is 0 Å². The van der Waals surface area contributed by atoms with E-state index in [1.165, 1.54) is 54.1 Å². The van der Waals surface area contributed by atoms with Crippen LogP contribution in [0.2, 0.25) is 0 Å². The molecule has 222 valence electrons. The molecule has 1 fully saturated rings. The average Bonchev–Trinajstić information content (AvgIpc) is 3.53. The van der Waals surface area contributed by atoms with Gasteiger partial charge in [0.2, 0.25) is 0 Å². The van der Waals surface area contributed by atoms with Crippen molar-refractivity contribution in [2.75, 3.05) is 0 Å². The number of para-hydroxylation sites is 2. The minimum atomic E-state index is -0.484. The summed E-state index contributed by atoms with van der Waals surface area (Å²) in [4.78, 5) is 0. The van der Waals surface area contributed by atoms with Gasteiger partial charge in [-0.3, -0.25) is 0 Å². The lowest BCUT2D eigenvalue weighted by Crippen LogP contribution is -2.41. The second kappa shape index (κ2) is 9.80. The lowest BCUT2D eigenvalue weighted by molar-refractivity contribution is 0.00578. The summed E-state index contributed by atoms with van der Waals surface area (Å²) in [7, 11) is -0.484. The molecule has 0 radical (unpaired) electrons. The van der Waals surface area contributed by atoms with Gasteiger partial charge in [-0.25, -0.2) is 0 Å². The molecule has 9 rings (SSSR count). The number of fused-ring (bicyclic) bond motifs is 9. The molecule has 8 aromatic rings. The molecule has 0 amide bonds. The van der Waals surface area contributed by atoms with Gasteiger partial charge >= 0.3 is 7.12 Å². The Balaban J connectivity index is 1.32. The Morgan fingerprint density at radius 2 is 0.891 bits per heavy atom. The van der Waals surface area contributed by atoms with E-state index in [0.717, 1.165) is 22.3 Å². The SMILES string of the molecule is CC1(C)OB(c2cc(-c3ccc4c5ccccc5c5ccccc5c4c3)cc(-n3c4ccccc4c4ccccc43)c2)OC1(C)C. The number of hydrogen-bond donors (Lipinski definition) is 0. The standard InChI is InChI=1S/C42H34BNO2/c1-41(2)42(3,4)46-43(45-41)29-23-28(24-30(26-29)44-39-19-11-9-17-36(39)37-18-10-12-20-40(37)44)27-21-22-35-33-15-6-5-13-31(33)32-14-7-8-16-34(32)38(35)25-27/h5-26H,1-4H3. The van der Waals surface area contributed by atoms with Crippen molar-refractivity contribution in [3.63, 3.8) is 0 Å². The van der Waals surface area contributed by atoms with E-state index in [-0.39, 0.29) is 0 Å². The van der Waals surface area contributed by atoms with Gasteiger partial charge in [0.1, 0.15) is 0 Å². The minimum Gasteiger partial charge on any atom is -0.399 e. The highest BCUT2D eigenvalue weighted by Gasteiger charge is 2.51. The molecular formula is C42H34BNO2. The molecule has 0 aliphatic carbocycles. The van der Waals surface area contributed by atoms with Crippen LogP contribution in [-0.2, 0) is 9.31 Å².